The van der Waals surface area contributed by atoms with E-state index in [1.54, 1.807) is 26.0 Å². The van der Waals surface area contributed by atoms with E-state index in [1.165, 1.54) is 14.0 Å². The molecule has 0 aromatic heterocycles. The lowest BCUT2D eigenvalue weighted by Crippen LogP contribution is -2.15. The molecule has 2 unspecified atom stereocenters. The molecule has 0 aliphatic carbocycles. The molecule has 22 heavy (non-hydrogen) atoms. The van der Waals surface area contributed by atoms with Gasteiger partial charge in [-0.15, -0.1) is 0 Å². The van der Waals surface area contributed by atoms with Crippen LogP contribution in [0.3, 0.4) is 0 Å². The Morgan fingerprint density at radius 2 is 2.00 bits per heavy atom. The molecule has 1 fully saturated rings. The summed E-state index contributed by atoms with van der Waals surface area (Å²) in [5.41, 5.74) is 0.887. The number of epoxide rings is 1. The number of rotatable bonds is 6. The zero-order valence-electron chi connectivity index (χ0n) is 13.1. The number of methoxy groups -OCH3 is 1. The molecule has 1 aliphatic heterocycles. The Kier molecular flexibility index (Phi) is 5.03. The molecule has 0 bridgehead atoms. The summed E-state index contributed by atoms with van der Waals surface area (Å²) in [6.45, 7) is 5.12. The van der Waals surface area contributed by atoms with Crippen molar-refractivity contribution >= 4 is 11.9 Å². The first-order chi connectivity index (χ1) is 10.4. The summed E-state index contributed by atoms with van der Waals surface area (Å²) in [7, 11) is 1.51. The third kappa shape index (κ3) is 3.98. The summed E-state index contributed by atoms with van der Waals surface area (Å²) in [6.07, 6.45) is -0.277. The second-order valence-electron chi connectivity index (χ2n) is 5.38. The summed E-state index contributed by atoms with van der Waals surface area (Å²) in [6, 6.07) is 5.25. The van der Waals surface area contributed by atoms with Gasteiger partial charge in [0.05, 0.1) is 13.0 Å². The Hall–Kier alpha value is -2.08. The molecule has 6 nitrogen and oxygen atoms in total. The van der Waals surface area contributed by atoms with Crippen LogP contribution in [0.5, 0.6) is 11.5 Å². The van der Waals surface area contributed by atoms with E-state index in [4.69, 9.17) is 18.9 Å². The Morgan fingerprint density at radius 3 is 2.59 bits per heavy atom. The van der Waals surface area contributed by atoms with Crippen LogP contribution in [0.2, 0.25) is 0 Å². The number of hydrogen-bond acceptors (Lipinski definition) is 6. The van der Waals surface area contributed by atoms with Crippen molar-refractivity contribution in [1.29, 1.82) is 0 Å². The summed E-state index contributed by atoms with van der Waals surface area (Å²) in [5.74, 6) is -0.0242. The molecule has 2 atom stereocenters. The monoisotopic (exact) mass is 308 g/mol. The maximum absolute atomic E-state index is 11.7. The van der Waals surface area contributed by atoms with Gasteiger partial charge in [0.25, 0.3) is 0 Å². The van der Waals surface area contributed by atoms with Crippen LogP contribution in [0.15, 0.2) is 18.2 Å². The van der Waals surface area contributed by atoms with Gasteiger partial charge in [-0.3, -0.25) is 9.59 Å². The van der Waals surface area contributed by atoms with Crippen molar-refractivity contribution in [2.75, 3.05) is 13.7 Å². The first kappa shape index (κ1) is 16.3. The van der Waals surface area contributed by atoms with E-state index in [2.05, 4.69) is 0 Å². The maximum atomic E-state index is 11.7. The van der Waals surface area contributed by atoms with Crippen molar-refractivity contribution in [3.63, 3.8) is 0 Å². The van der Waals surface area contributed by atoms with Crippen LogP contribution < -0.4 is 9.47 Å². The van der Waals surface area contributed by atoms with Crippen molar-refractivity contribution in [2.24, 2.45) is 5.92 Å². The Labute approximate surface area is 129 Å². The molecule has 1 aromatic carbocycles. The lowest BCUT2D eigenvalue weighted by atomic mass is 10.1. The van der Waals surface area contributed by atoms with E-state index in [1.807, 2.05) is 6.07 Å². The molecule has 6 heteroatoms. The molecule has 120 valence electrons. The predicted octanol–water partition coefficient (Wildman–Crippen LogP) is 2.26. The van der Waals surface area contributed by atoms with Crippen LogP contribution in [-0.2, 0) is 19.1 Å². The number of benzene rings is 1. The van der Waals surface area contributed by atoms with E-state index in [-0.39, 0.29) is 36.7 Å². The summed E-state index contributed by atoms with van der Waals surface area (Å²) in [5, 5.41) is 0. The van der Waals surface area contributed by atoms with Crippen molar-refractivity contribution < 1.29 is 28.5 Å². The fraction of sp³-hybridized carbons (Fsp3) is 0.500. The molecule has 2 rings (SSSR count). The molecule has 0 saturated carbocycles. The minimum Gasteiger partial charge on any atom is -0.493 e. The van der Waals surface area contributed by atoms with Gasteiger partial charge in [-0.2, -0.15) is 0 Å². The van der Waals surface area contributed by atoms with Crippen molar-refractivity contribution in [2.45, 2.75) is 33.0 Å². The molecule has 1 heterocycles. The first-order valence-electron chi connectivity index (χ1n) is 7.10. The zero-order chi connectivity index (χ0) is 16.3. The minimum absolute atomic E-state index is 0.136. The molecule has 0 spiro atoms. The van der Waals surface area contributed by atoms with Crippen molar-refractivity contribution in [1.82, 2.24) is 0 Å². The smallest absolute Gasteiger partial charge is 0.313 e. The van der Waals surface area contributed by atoms with E-state index >= 15 is 0 Å². The van der Waals surface area contributed by atoms with Crippen LogP contribution in [0.1, 0.15) is 32.4 Å². The van der Waals surface area contributed by atoms with Crippen LogP contribution in [0.25, 0.3) is 0 Å². The van der Waals surface area contributed by atoms with Crippen molar-refractivity contribution in [3.8, 4) is 11.5 Å². The standard InChI is InChI=1S/C16H20O6/c1-9(2)16(18)22-12-6-5-11(7-13(12)19-4)15-14(21-15)8-20-10(3)17/h5-7,9,14-15H,8H2,1-4H3. The first-order valence-corrected chi connectivity index (χ1v) is 7.10. The Bertz CT molecular complexity index is 566. The van der Waals surface area contributed by atoms with Crippen LogP contribution in [-0.4, -0.2) is 31.8 Å². The predicted molar refractivity (Wildman–Crippen MR) is 77.7 cm³/mol. The van der Waals surface area contributed by atoms with E-state index in [0.29, 0.717) is 11.5 Å². The van der Waals surface area contributed by atoms with Gasteiger partial charge in [0, 0.05) is 6.92 Å². The number of ether oxygens (including phenoxy) is 4. The highest BCUT2D eigenvalue weighted by Crippen LogP contribution is 2.42. The molecular weight excluding hydrogens is 288 g/mol. The molecule has 1 aromatic rings. The van der Waals surface area contributed by atoms with Gasteiger partial charge in [0.15, 0.2) is 11.5 Å². The Balaban J connectivity index is 2.04. The van der Waals surface area contributed by atoms with Crippen LogP contribution >= 0.6 is 0 Å². The van der Waals surface area contributed by atoms with E-state index in [9.17, 15) is 9.59 Å². The van der Waals surface area contributed by atoms with Gasteiger partial charge in [-0.1, -0.05) is 19.9 Å². The molecule has 1 aliphatic rings. The second kappa shape index (κ2) is 6.79. The SMILES string of the molecule is COc1cc(C2OC2COC(C)=O)ccc1OC(=O)C(C)C. The third-order valence-corrected chi connectivity index (χ3v) is 3.23. The van der Waals surface area contributed by atoms with E-state index in [0.717, 1.165) is 5.56 Å². The summed E-state index contributed by atoms with van der Waals surface area (Å²) < 4.78 is 20.9. The zero-order valence-corrected chi connectivity index (χ0v) is 13.1. The number of esters is 2. The highest BCUT2D eigenvalue weighted by molar-refractivity contribution is 5.75. The van der Waals surface area contributed by atoms with Gasteiger partial charge >= 0.3 is 11.9 Å². The fourth-order valence-corrected chi connectivity index (χ4v) is 1.93. The quantitative estimate of drug-likeness (QED) is 0.456. The average molecular weight is 308 g/mol. The lowest BCUT2D eigenvalue weighted by Gasteiger charge is -2.11. The van der Waals surface area contributed by atoms with Crippen LogP contribution in [0.4, 0.5) is 0 Å². The van der Waals surface area contributed by atoms with Gasteiger partial charge in [0.2, 0.25) is 0 Å². The molecule has 0 N–H and O–H groups in total. The number of hydrogen-bond donors (Lipinski definition) is 0. The summed E-state index contributed by atoms with van der Waals surface area (Å²) >= 11 is 0. The fourth-order valence-electron chi connectivity index (χ4n) is 1.93. The normalized spacial score (nSPS) is 19.7. The lowest BCUT2D eigenvalue weighted by molar-refractivity contribution is -0.141. The topological polar surface area (TPSA) is 74.4 Å². The van der Waals surface area contributed by atoms with Gasteiger partial charge in [-0.05, 0) is 17.7 Å². The van der Waals surface area contributed by atoms with Crippen molar-refractivity contribution in [3.05, 3.63) is 23.8 Å². The average Bonchev–Trinajstić information content (AvgIpc) is 3.25. The van der Waals surface area contributed by atoms with Gasteiger partial charge in [0.1, 0.15) is 18.8 Å². The molecular formula is C16H20O6. The summed E-state index contributed by atoms with van der Waals surface area (Å²) in [4.78, 5) is 22.4. The molecule has 0 amide bonds. The second-order valence-corrected chi connectivity index (χ2v) is 5.38. The molecule has 1 saturated heterocycles. The van der Waals surface area contributed by atoms with Gasteiger partial charge in [-0.25, -0.2) is 0 Å². The molecule has 0 radical (unpaired) electrons. The largest absolute Gasteiger partial charge is 0.493 e. The number of carbonyl (C=O) groups is 2. The number of carbonyl (C=O) groups excluding carboxylic acids is 2. The highest BCUT2D eigenvalue weighted by Gasteiger charge is 2.41. The van der Waals surface area contributed by atoms with E-state index < -0.39 is 0 Å². The third-order valence-electron chi connectivity index (χ3n) is 3.23. The Morgan fingerprint density at radius 1 is 1.27 bits per heavy atom. The van der Waals surface area contributed by atoms with Gasteiger partial charge < -0.3 is 18.9 Å². The highest BCUT2D eigenvalue weighted by atomic mass is 16.6. The van der Waals surface area contributed by atoms with Crippen LogP contribution in [0, 0.1) is 5.92 Å². The minimum atomic E-state index is -0.331. The maximum Gasteiger partial charge on any atom is 0.313 e.